The van der Waals surface area contributed by atoms with Gasteiger partial charge >= 0.3 is 0 Å². The van der Waals surface area contributed by atoms with Crippen LogP contribution in [-0.2, 0) is 12.8 Å². The third-order valence-corrected chi connectivity index (χ3v) is 10.9. The Morgan fingerprint density at radius 1 is 0.346 bits per heavy atom. The third kappa shape index (κ3) is 5.36. The Balaban J connectivity index is 0.818. The molecule has 0 bridgehead atoms. The van der Waals surface area contributed by atoms with Crippen molar-refractivity contribution in [2.75, 3.05) is 0 Å². The van der Waals surface area contributed by atoms with E-state index in [1.165, 1.54) is 88.4 Å². The lowest BCUT2D eigenvalue weighted by atomic mass is 9.90. The molecule has 1 aliphatic carbocycles. The first-order valence-corrected chi connectivity index (χ1v) is 18.4. The van der Waals surface area contributed by atoms with E-state index in [1.54, 1.807) is 0 Å². The fourth-order valence-electron chi connectivity index (χ4n) is 8.33. The molecule has 9 aromatic rings. The molecule has 0 aliphatic heterocycles. The van der Waals surface area contributed by atoms with Gasteiger partial charge in [-0.2, -0.15) is 0 Å². The maximum Gasteiger partial charge on any atom is 0.0541 e. The molecular weight excluding hydrogens is 629 g/mol. The zero-order valence-corrected chi connectivity index (χ0v) is 29.0. The van der Waals surface area contributed by atoms with E-state index in [1.807, 2.05) is 0 Å². The third-order valence-electron chi connectivity index (χ3n) is 10.9. The molecule has 0 unspecified atom stereocenters. The van der Waals surface area contributed by atoms with Crippen molar-refractivity contribution in [2.45, 2.75) is 25.7 Å². The highest BCUT2D eigenvalue weighted by atomic mass is 15.0. The number of hydrogen-bond acceptors (Lipinski definition) is 0. The van der Waals surface area contributed by atoms with Gasteiger partial charge in [0.25, 0.3) is 0 Å². The van der Waals surface area contributed by atoms with Crippen LogP contribution >= 0.6 is 0 Å². The highest BCUT2D eigenvalue weighted by Gasteiger charge is 2.14. The zero-order valence-electron chi connectivity index (χ0n) is 29.0. The summed E-state index contributed by atoms with van der Waals surface area (Å²) in [5, 5.41) is 5.19. The lowest BCUT2D eigenvalue weighted by Crippen LogP contribution is -1.99. The minimum Gasteiger partial charge on any atom is -0.309 e. The fraction of sp³-hybridized carbons (Fsp3) is 0.0800. The van der Waals surface area contributed by atoms with Crippen LogP contribution in [0, 0.1) is 0 Å². The first-order chi connectivity index (χ1) is 25.8. The van der Waals surface area contributed by atoms with E-state index in [2.05, 4.69) is 191 Å². The van der Waals surface area contributed by atoms with Crippen molar-refractivity contribution in [3.05, 3.63) is 210 Å². The minimum absolute atomic E-state index is 0.923. The van der Waals surface area contributed by atoms with Gasteiger partial charge in [-0.25, -0.2) is 0 Å². The number of aromatic nitrogens is 2. The Morgan fingerprint density at radius 2 is 0.731 bits per heavy atom. The van der Waals surface area contributed by atoms with E-state index >= 15 is 0 Å². The molecule has 2 aromatic heterocycles. The van der Waals surface area contributed by atoms with Crippen molar-refractivity contribution in [3.63, 3.8) is 0 Å². The van der Waals surface area contributed by atoms with E-state index in [0.29, 0.717) is 0 Å². The molecule has 0 saturated carbocycles. The van der Waals surface area contributed by atoms with Crippen molar-refractivity contribution in [1.29, 1.82) is 0 Å². The molecule has 1 aliphatic rings. The van der Waals surface area contributed by atoms with Crippen LogP contribution in [0.1, 0.15) is 35.1 Å². The molecule has 10 rings (SSSR count). The molecule has 248 valence electrons. The summed E-state index contributed by atoms with van der Waals surface area (Å²) in [6, 6.07) is 62.2. The van der Waals surface area contributed by atoms with Crippen LogP contribution in [0.2, 0.25) is 0 Å². The summed E-state index contributed by atoms with van der Waals surface area (Å²) in [4.78, 5) is 0. The Kier molecular flexibility index (Phi) is 7.46. The maximum absolute atomic E-state index is 2.39. The second kappa shape index (κ2) is 12.7. The highest BCUT2D eigenvalue weighted by Crippen LogP contribution is 2.34. The fourth-order valence-corrected chi connectivity index (χ4v) is 8.33. The summed E-state index contributed by atoms with van der Waals surface area (Å²) in [5.41, 5.74) is 15.7. The molecule has 2 heterocycles. The largest absolute Gasteiger partial charge is 0.309 e. The van der Waals surface area contributed by atoms with E-state index in [-0.39, 0.29) is 0 Å². The normalized spacial score (nSPS) is 13.2. The average molecular weight is 667 g/mol. The molecular formula is C50H38N2. The van der Waals surface area contributed by atoms with Crippen molar-refractivity contribution in [3.8, 4) is 11.4 Å². The zero-order chi connectivity index (χ0) is 34.4. The quantitative estimate of drug-likeness (QED) is 0.160. The van der Waals surface area contributed by atoms with Gasteiger partial charge in [-0.05, 0) is 102 Å². The van der Waals surface area contributed by atoms with Gasteiger partial charge in [0, 0.05) is 32.9 Å². The molecule has 0 radical (unpaired) electrons. The van der Waals surface area contributed by atoms with Gasteiger partial charge in [0.05, 0.1) is 22.1 Å². The molecule has 52 heavy (non-hydrogen) atoms. The number of rotatable bonds is 7. The summed E-state index contributed by atoms with van der Waals surface area (Å²) in [6.45, 7) is 0. The molecule has 2 nitrogen and oxygen atoms in total. The number of allylic oxidation sites excluding steroid dienone is 4. The van der Waals surface area contributed by atoms with Gasteiger partial charge in [-0.3, -0.25) is 0 Å². The molecule has 0 fully saturated rings. The summed E-state index contributed by atoms with van der Waals surface area (Å²) in [5.74, 6) is 0. The van der Waals surface area contributed by atoms with Gasteiger partial charge in [-0.1, -0.05) is 139 Å². The van der Waals surface area contributed by atoms with Crippen LogP contribution in [0.25, 0.3) is 60.6 Å². The highest BCUT2D eigenvalue weighted by molar-refractivity contribution is 6.10. The smallest absolute Gasteiger partial charge is 0.0541 e. The van der Waals surface area contributed by atoms with Crippen LogP contribution in [0.4, 0.5) is 0 Å². The maximum atomic E-state index is 2.39. The van der Waals surface area contributed by atoms with Gasteiger partial charge in [0.15, 0.2) is 0 Å². The number of benzene rings is 7. The van der Waals surface area contributed by atoms with Crippen LogP contribution in [0.3, 0.4) is 0 Å². The molecule has 0 saturated heterocycles. The van der Waals surface area contributed by atoms with Gasteiger partial charge in [-0.15, -0.1) is 0 Å². The lowest BCUT2D eigenvalue weighted by Gasteiger charge is -2.16. The van der Waals surface area contributed by atoms with Crippen LogP contribution in [-0.4, -0.2) is 9.13 Å². The Bertz CT molecular complexity index is 2700. The minimum atomic E-state index is 0.923. The second-order valence-electron chi connectivity index (χ2n) is 14.1. The summed E-state index contributed by atoms with van der Waals surface area (Å²) >= 11 is 0. The predicted octanol–water partition coefficient (Wildman–Crippen LogP) is 12.8. The number of hydrogen-bond donors (Lipinski definition) is 0. The van der Waals surface area contributed by atoms with E-state index in [4.69, 9.17) is 0 Å². The second-order valence-corrected chi connectivity index (χ2v) is 14.1. The average Bonchev–Trinajstić information content (AvgIpc) is 3.73. The Morgan fingerprint density at radius 3 is 1.13 bits per heavy atom. The molecule has 0 N–H and O–H groups in total. The molecule has 0 amide bonds. The van der Waals surface area contributed by atoms with E-state index in [9.17, 15) is 0 Å². The summed E-state index contributed by atoms with van der Waals surface area (Å²) in [6.07, 6.45) is 8.79. The molecule has 2 heteroatoms. The first kappa shape index (κ1) is 30.4. The van der Waals surface area contributed by atoms with E-state index < -0.39 is 0 Å². The summed E-state index contributed by atoms with van der Waals surface area (Å²) in [7, 11) is 0. The predicted molar refractivity (Wildman–Crippen MR) is 220 cm³/mol. The van der Waals surface area contributed by atoms with Gasteiger partial charge in [0.2, 0.25) is 0 Å². The van der Waals surface area contributed by atoms with Crippen molar-refractivity contribution < 1.29 is 0 Å². The standard InChI is InChI=1S/C50H38N2/c1-5-13-47-43(9-1)44-10-2-6-14-48(44)51(47)41-29-21-37(22-30-41)33-35-17-25-39(26-18-35)40-27-19-36(20-28-40)34-38-23-31-42(32-24-38)52-49-15-7-3-11-45(49)46-12-4-8-16-50(46)52/h1-19,21-27,29-32H,20,28,33-34H2. The SMILES string of the molecule is C1=C(Cc2ccc(-n3c4ccccc4c4ccccc43)cc2)CCC(c2ccc(Cc3ccc(-n4c5ccccc5c5ccccc54)cc3)cc2)=C1. The number of nitrogens with zero attached hydrogens (tertiary/aromatic N) is 2. The van der Waals surface area contributed by atoms with Crippen molar-refractivity contribution in [2.24, 2.45) is 0 Å². The van der Waals surface area contributed by atoms with Crippen LogP contribution in [0.15, 0.2) is 188 Å². The van der Waals surface area contributed by atoms with E-state index in [0.717, 1.165) is 25.7 Å². The molecule has 7 aromatic carbocycles. The summed E-state index contributed by atoms with van der Waals surface area (Å²) < 4.78 is 4.77. The van der Waals surface area contributed by atoms with Crippen LogP contribution in [0.5, 0.6) is 0 Å². The van der Waals surface area contributed by atoms with Gasteiger partial charge < -0.3 is 9.13 Å². The number of para-hydroxylation sites is 4. The van der Waals surface area contributed by atoms with Crippen molar-refractivity contribution >= 4 is 49.2 Å². The van der Waals surface area contributed by atoms with Gasteiger partial charge in [0.1, 0.15) is 0 Å². The molecule has 0 atom stereocenters. The molecule has 0 spiro atoms. The topological polar surface area (TPSA) is 9.86 Å². The lowest BCUT2D eigenvalue weighted by molar-refractivity contribution is 0.922. The Labute approximate surface area is 304 Å². The van der Waals surface area contributed by atoms with Crippen LogP contribution < -0.4 is 0 Å². The van der Waals surface area contributed by atoms with Crippen molar-refractivity contribution in [1.82, 2.24) is 9.13 Å². The number of fused-ring (bicyclic) bond motifs is 6. The Hall–Kier alpha value is -6.38. The monoisotopic (exact) mass is 666 g/mol. The first-order valence-electron chi connectivity index (χ1n) is 18.4.